The third-order valence-electron chi connectivity index (χ3n) is 3.86. The molecule has 0 bridgehead atoms. The molecule has 7 nitrogen and oxygen atoms in total. The van der Waals surface area contributed by atoms with E-state index in [-0.39, 0.29) is 18.7 Å². The van der Waals surface area contributed by atoms with Gasteiger partial charge in [0.25, 0.3) is 0 Å². The second kappa shape index (κ2) is 10.3. The van der Waals surface area contributed by atoms with Crippen LogP contribution < -0.4 is 10.7 Å². The number of esters is 1. The van der Waals surface area contributed by atoms with E-state index in [2.05, 4.69) is 15.8 Å². The quantitative estimate of drug-likeness (QED) is 0.423. The minimum atomic E-state index is -0.539. The van der Waals surface area contributed by atoms with Crippen molar-refractivity contribution in [1.29, 1.82) is 0 Å². The molecule has 2 amide bonds. The van der Waals surface area contributed by atoms with Gasteiger partial charge in [-0.05, 0) is 46.2 Å². The van der Waals surface area contributed by atoms with Crippen LogP contribution in [0.25, 0.3) is 0 Å². The van der Waals surface area contributed by atoms with E-state index in [0.29, 0.717) is 12.3 Å². The van der Waals surface area contributed by atoms with E-state index in [9.17, 15) is 14.4 Å². The van der Waals surface area contributed by atoms with Crippen LogP contribution in [0.5, 0.6) is 0 Å². The Balaban J connectivity index is 2.44. The number of anilines is 1. The Morgan fingerprint density at radius 1 is 1.15 bits per heavy atom. The van der Waals surface area contributed by atoms with Crippen LogP contribution in [0.1, 0.15) is 44.7 Å². The zero-order valence-corrected chi connectivity index (χ0v) is 16.0. The van der Waals surface area contributed by atoms with Gasteiger partial charge in [-0.3, -0.25) is 14.4 Å². The van der Waals surface area contributed by atoms with Gasteiger partial charge in [-0.25, -0.2) is 5.43 Å². The molecule has 0 heterocycles. The molecular formula is C19H27N3O4. The Kier molecular flexibility index (Phi) is 8.48. The van der Waals surface area contributed by atoms with Gasteiger partial charge >= 0.3 is 5.97 Å². The fourth-order valence-corrected chi connectivity index (χ4v) is 2.13. The maximum Gasteiger partial charge on any atom is 0.314 e. The van der Waals surface area contributed by atoms with Gasteiger partial charge in [-0.2, -0.15) is 5.10 Å². The number of amides is 2. The Morgan fingerprint density at radius 2 is 1.81 bits per heavy atom. The molecule has 0 aliphatic heterocycles. The summed E-state index contributed by atoms with van der Waals surface area (Å²) < 4.78 is 4.90. The molecule has 0 aliphatic rings. The molecule has 0 fully saturated rings. The normalized spacial score (nSPS) is 12.3. The van der Waals surface area contributed by atoms with Gasteiger partial charge in [0.15, 0.2) is 0 Å². The monoisotopic (exact) mass is 361 g/mol. The molecule has 1 aromatic rings. The summed E-state index contributed by atoms with van der Waals surface area (Å²) in [5, 5.41) is 6.69. The Morgan fingerprint density at radius 3 is 2.42 bits per heavy atom. The van der Waals surface area contributed by atoms with Gasteiger partial charge in [-0.1, -0.05) is 17.7 Å². The molecule has 142 valence electrons. The Hall–Kier alpha value is -2.70. The number of aryl methyl sites for hydroxylation is 2. The van der Waals surface area contributed by atoms with Gasteiger partial charge < -0.3 is 10.1 Å². The second-order valence-electron chi connectivity index (χ2n) is 6.13. The summed E-state index contributed by atoms with van der Waals surface area (Å²) in [5.41, 5.74) is 5.62. The molecule has 26 heavy (non-hydrogen) atoms. The number of hydrogen-bond acceptors (Lipinski definition) is 5. The first kappa shape index (κ1) is 21.3. The van der Waals surface area contributed by atoms with Crippen molar-refractivity contribution in [3.8, 4) is 0 Å². The highest BCUT2D eigenvalue weighted by Gasteiger charge is 2.17. The number of hydrazone groups is 1. The smallest absolute Gasteiger partial charge is 0.314 e. The molecule has 0 spiro atoms. The molecule has 0 unspecified atom stereocenters. The molecule has 1 aromatic carbocycles. The first-order chi connectivity index (χ1) is 12.2. The number of rotatable bonds is 8. The van der Waals surface area contributed by atoms with Gasteiger partial charge in [-0.15, -0.1) is 0 Å². The molecule has 0 saturated heterocycles. The number of hydrogen-bond donors (Lipinski definition) is 2. The summed E-state index contributed by atoms with van der Waals surface area (Å²) in [6.07, 6.45) is 0.0441. The molecule has 0 aliphatic carbocycles. The van der Waals surface area contributed by atoms with Gasteiger partial charge in [0.1, 0.15) is 0 Å². The topological polar surface area (TPSA) is 96.9 Å². The average molecular weight is 361 g/mol. The zero-order chi connectivity index (χ0) is 19.7. The standard InChI is InChI=1S/C19H27N3O4/c1-6-26-19(25)14(4)15(5)21-22-18(24)10-9-17(23)20-16-8-7-12(2)11-13(16)3/h7-8,11,14H,6,9-10H2,1-5H3,(H,20,23)(H,22,24)/b21-15-/t14-/m1/s1. The van der Waals surface area contributed by atoms with Crippen LogP contribution in [0.15, 0.2) is 23.3 Å². The van der Waals surface area contributed by atoms with Crippen molar-refractivity contribution in [3.63, 3.8) is 0 Å². The van der Waals surface area contributed by atoms with Crippen LogP contribution in [0.4, 0.5) is 5.69 Å². The number of carbonyl (C=O) groups is 3. The van der Waals surface area contributed by atoms with Crippen LogP contribution in [0, 0.1) is 19.8 Å². The largest absolute Gasteiger partial charge is 0.465 e. The summed E-state index contributed by atoms with van der Waals surface area (Å²) in [5.74, 6) is -1.57. The van der Waals surface area contributed by atoms with E-state index < -0.39 is 17.8 Å². The Bertz CT molecular complexity index is 698. The number of benzene rings is 1. The number of ether oxygens (including phenoxy) is 1. The highest BCUT2D eigenvalue weighted by molar-refractivity contribution is 6.01. The SMILES string of the molecule is CCOC(=O)[C@H](C)/C(C)=N\NC(=O)CCC(=O)Nc1ccc(C)cc1C. The summed E-state index contributed by atoms with van der Waals surface area (Å²) in [6.45, 7) is 9.20. The maximum absolute atomic E-state index is 12.0. The minimum Gasteiger partial charge on any atom is -0.465 e. The van der Waals surface area contributed by atoms with E-state index in [1.807, 2.05) is 32.0 Å². The lowest BCUT2D eigenvalue weighted by atomic mass is 10.1. The number of nitrogens with zero attached hydrogens (tertiary/aromatic N) is 1. The lowest BCUT2D eigenvalue weighted by molar-refractivity contribution is -0.145. The van der Waals surface area contributed by atoms with E-state index in [1.54, 1.807) is 20.8 Å². The lowest BCUT2D eigenvalue weighted by Gasteiger charge is -2.10. The van der Waals surface area contributed by atoms with Crippen LogP contribution in [-0.4, -0.2) is 30.1 Å². The third-order valence-corrected chi connectivity index (χ3v) is 3.86. The van der Waals surface area contributed by atoms with Crippen LogP contribution in [-0.2, 0) is 19.1 Å². The molecule has 0 radical (unpaired) electrons. The fraction of sp³-hybridized carbons (Fsp3) is 0.474. The van der Waals surface area contributed by atoms with Crippen molar-refractivity contribution < 1.29 is 19.1 Å². The van der Waals surface area contributed by atoms with E-state index in [1.165, 1.54) is 0 Å². The van der Waals surface area contributed by atoms with Gasteiger partial charge in [0.05, 0.1) is 12.5 Å². The van der Waals surface area contributed by atoms with Crippen molar-refractivity contribution in [1.82, 2.24) is 5.43 Å². The minimum absolute atomic E-state index is 0.00130. The van der Waals surface area contributed by atoms with Crippen molar-refractivity contribution in [2.24, 2.45) is 11.0 Å². The van der Waals surface area contributed by atoms with Gasteiger partial charge in [0, 0.05) is 24.2 Å². The highest BCUT2D eigenvalue weighted by atomic mass is 16.5. The predicted octanol–water partition coefficient (Wildman–Crippen LogP) is 2.71. The molecule has 0 aromatic heterocycles. The van der Waals surface area contributed by atoms with Crippen molar-refractivity contribution in [3.05, 3.63) is 29.3 Å². The first-order valence-corrected chi connectivity index (χ1v) is 8.61. The number of nitrogens with one attached hydrogen (secondary N) is 2. The van der Waals surface area contributed by atoms with Crippen LogP contribution >= 0.6 is 0 Å². The summed E-state index contributed by atoms with van der Waals surface area (Å²) in [6, 6.07) is 5.73. The Labute approximate surface area is 154 Å². The van der Waals surface area contributed by atoms with E-state index >= 15 is 0 Å². The maximum atomic E-state index is 12.0. The highest BCUT2D eigenvalue weighted by Crippen LogP contribution is 2.16. The number of carbonyl (C=O) groups excluding carboxylic acids is 3. The van der Waals surface area contributed by atoms with Gasteiger partial charge in [0.2, 0.25) is 11.8 Å². The summed E-state index contributed by atoms with van der Waals surface area (Å²) in [4.78, 5) is 35.4. The average Bonchev–Trinajstić information content (AvgIpc) is 2.59. The molecule has 0 saturated carbocycles. The van der Waals surface area contributed by atoms with Crippen molar-refractivity contribution >= 4 is 29.2 Å². The van der Waals surface area contributed by atoms with E-state index in [4.69, 9.17) is 4.74 Å². The molecule has 7 heteroatoms. The van der Waals surface area contributed by atoms with Crippen molar-refractivity contribution in [2.75, 3.05) is 11.9 Å². The summed E-state index contributed by atoms with van der Waals surface area (Å²) in [7, 11) is 0. The lowest BCUT2D eigenvalue weighted by Crippen LogP contribution is -2.26. The van der Waals surface area contributed by atoms with Crippen LogP contribution in [0.3, 0.4) is 0 Å². The van der Waals surface area contributed by atoms with E-state index in [0.717, 1.165) is 16.8 Å². The molecule has 2 N–H and O–H groups in total. The third kappa shape index (κ3) is 7.04. The predicted molar refractivity (Wildman–Crippen MR) is 101 cm³/mol. The van der Waals surface area contributed by atoms with Crippen molar-refractivity contribution in [2.45, 2.75) is 47.5 Å². The fourth-order valence-electron chi connectivity index (χ4n) is 2.13. The van der Waals surface area contributed by atoms with Crippen LogP contribution in [0.2, 0.25) is 0 Å². The second-order valence-corrected chi connectivity index (χ2v) is 6.13. The summed E-state index contributed by atoms with van der Waals surface area (Å²) >= 11 is 0. The first-order valence-electron chi connectivity index (χ1n) is 8.61. The molecular weight excluding hydrogens is 334 g/mol. The molecule has 1 rings (SSSR count). The molecule has 1 atom stereocenters. The zero-order valence-electron chi connectivity index (χ0n) is 16.0.